The Kier molecular flexibility index (Phi) is 4.40. The van der Waals surface area contributed by atoms with Gasteiger partial charge in [0.2, 0.25) is 0 Å². The van der Waals surface area contributed by atoms with Crippen molar-refractivity contribution >= 4 is 0 Å². The average Bonchev–Trinajstić information content (AvgIpc) is 2.76. The van der Waals surface area contributed by atoms with Crippen LogP contribution in [0.5, 0.6) is 5.75 Å². The van der Waals surface area contributed by atoms with E-state index in [0.717, 1.165) is 18.8 Å². The van der Waals surface area contributed by atoms with Gasteiger partial charge >= 0.3 is 0 Å². The van der Waals surface area contributed by atoms with Gasteiger partial charge in [0.1, 0.15) is 5.75 Å². The molecular formula is C14H21NO2. The Labute approximate surface area is 103 Å². The molecule has 1 aromatic rings. The third-order valence-corrected chi connectivity index (χ3v) is 3.18. The van der Waals surface area contributed by atoms with Crippen LogP contribution in [0.2, 0.25) is 0 Å². The summed E-state index contributed by atoms with van der Waals surface area (Å²) in [6, 6.07) is 8.16. The molecule has 0 radical (unpaired) electrons. The second-order valence-electron chi connectivity index (χ2n) is 4.63. The van der Waals surface area contributed by atoms with Gasteiger partial charge in [-0.25, -0.2) is 0 Å². The van der Waals surface area contributed by atoms with Crippen molar-refractivity contribution in [3.05, 3.63) is 29.8 Å². The van der Waals surface area contributed by atoms with E-state index in [9.17, 15) is 0 Å². The molecule has 1 saturated heterocycles. The average molecular weight is 235 g/mol. The Balaban J connectivity index is 1.70. The zero-order valence-electron chi connectivity index (χ0n) is 10.6. The molecule has 3 heteroatoms. The Morgan fingerprint density at radius 2 is 2.06 bits per heavy atom. The summed E-state index contributed by atoms with van der Waals surface area (Å²) in [5.41, 5.74) is 1.27. The van der Waals surface area contributed by atoms with Gasteiger partial charge in [-0.15, -0.1) is 0 Å². The summed E-state index contributed by atoms with van der Waals surface area (Å²) in [7, 11) is 1.69. The van der Waals surface area contributed by atoms with Gasteiger partial charge in [-0.3, -0.25) is 0 Å². The monoisotopic (exact) mass is 235 g/mol. The van der Waals surface area contributed by atoms with E-state index in [2.05, 4.69) is 24.4 Å². The second kappa shape index (κ2) is 6.03. The fraction of sp³-hybridized carbons (Fsp3) is 0.571. The van der Waals surface area contributed by atoms with Crippen molar-refractivity contribution in [1.82, 2.24) is 5.32 Å². The molecule has 2 rings (SSSR count). The molecule has 1 N–H and O–H groups in total. The van der Waals surface area contributed by atoms with Gasteiger partial charge in [0.15, 0.2) is 0 Å². The Morgan fingerprint density at radius 1 is 1.29 bits per heavy atom. The second-order valence-corrected chi connectivity index (χ2v) is 4.63. The lowest BCUT2D eigenvalue weighted by Crippen LogP contribution is -2.26. The first-order valence-corrected chi connectivity index (χ1v) is 6.27. The van der Waals surface area contributed by atoms with E-state index < -0.39 is 0 Å². The molecule has 1 heterocycles. The van der Waals surface area contributed by atoms with Crippen molar-refractivity contribution in [2.45, 2.75) is 38.5 Å². The number of hydrogen-bond acceptors (Lipinski definition) is 3. The van der Waals surface area contributed by atoms with Crippen LogP contribution in [0.3, 0.4) is 0 Å². The molecule has 17 heavy (non-hydrogen) atoms. The molecule has 94 valence electrons. The summed E-state index contributed by atoms with van der Waals surface area (Å²) in [5, 5.41) is 3.44. The zero-order chi connectivity index (χ0) is 12.1. The molecule has 0 aliphatic carbocycles. The highest BCUT2D eigenvalue weighted by Crippen LogP contribution is 2.18. The van der Waals surface area contributed by atoms with Gasteiger partial charge in [0, 0.05) is 13.1 Å². The minimum absolute atomic E-state index is 0.392. The van der Waals surface area contributed by atoms with Gasteiger partial charge in [0.25, 0.3) is 0 Å². The lowest BCUT2D eigenvalue weighted by Gasteiger charge is -2.12. The first kappa shape index (κ1) is 12.4. The van der Waals surface area contributed by atoms with Crippen LogP contribution in [-0.4, -0.2) is 25.9 Å². The van der Waals surface area contributed by atoms with E-state index in [1.54, 1.807) is 7.11 Å². The molecule has 0 aromatic heterocycles. The van der Waals surface area contributed by atoms with Crippen molar-refractivity contribution in [2.75, 3.05) is 13.7 Å². The predicted octanol–water partition coefficient (Wildman–Crippen LogP) is 2.35. The van der Waals surface area contributed by atoms with E-state index in [0.29, 0.717) is 12.2 Å². The molecule has 1 aliphatic heterocycles. The first-order chi connectivity index (χ1) is 8.28. The van der Waals surface area contributed by atoms with Crippen LogP contribution in [0.25, 0.3) is 0 Å². The van der Waals surface area contributed by atoms with Gasteiger partial charge in [-0.2, -0.15) is 0 Å². The lowest BCUT2D eigenvalue weighted by atomic mass is 10.2. The maximum Gasteiger partial charge on any atom is 0.118 e. The Bertz CT molecular complexity index is 337. The third kappa shape index (κ3) is 3.72. The highest BCUT2D eigenvalue weighted by atomic mass is 16.5. The van der Waals surface area contributed by atoms with E-state index in [1.165, 1.54) is 18.4 Å². The normalized spacial score (nSPS) is 23.9. The molecule has 2 unspecified atom stereocenters. The molecule has 1 fully saturated rings. The zero-order valence-corrected chi connectivity index (χ0v) is 10.6. The molecule has 1 aromatic carbocycles. The predicted molar refractivity (Wildman–Crippen MR) is 68.3 cm³/mol. The van der Waals surface area contributed by atoms with E-state index in [1.807, 2.05) is 12.1 Å². The van der Waals surface area contributed by atoms with Crippen molar-refractivity contribution < 1.29 is 9.47 Å². The maximum atomic E-state index is 5.75. The fourth-order valence-electron chi connectivity index (χ4n) is 2.16. The molecule has 0 bridgehead atoms. The SMILES string of the molecule is COc1ccc(CNCC2CCC(C)O2)cc1. The molecule has 0 spiro atoms. The molecule has 3 nitrogen and oxygen atoms in total. The van der Waals surface area contributed by atoms with Gasteiger partial charge in [0.05, 0.1) is 19.3 Å². The van der Waals surface area contributed by atoms with Crippen LogP contribution in [0.1, 0.15) is 25.3 Å². The standard InChI is InChI=1S/C14H21NO2/c1-11-3-6-14(17-11)10-15-9-12-4-7-13(16-2)8-5-12/h4-5,7-8,11,14-15H,3,6,9-10H2,1-2H3. The van der Waals surface area contributed by atoms with Gasteiger partial charge < -0.3 is 14.8 Å². The number of nitrogens with one attached hydrogen (secondary N) is 1. The van der Waals surface area contributed by atoms with Crippen LogP contribution < -0.4 is 10.1 Å². The number of methoxy groups -OCH3 is 1. The first-order valence-electron chi connectivity index (χ1n) is 6.27. The van der Waals surface area contributed by atoms with Gasteiger partial charge in [-0.1, -0.05) is 12.1 Å². The molecule has 0 amide bonds. The summed E-state index contributed by atoms with van der Waals surface area (Å²) in [5.74, 6) is 0.904. The summed E-state index contributed by atoms with van der Waals surface area (Å²) in [6.45, 7) is 3.97. The third-order valence-electron chi connectivity index (χ3n) is 3.18. The smallest absolute Gasteiger partial charge is 0.118 e. The number of rotatable bonds is 5. The lowest BCUT2D eigenvalue weighted by molar-refractivity contribution is 0.0559. The minimum atomic E-state index is 0.392. The topological polar surface area (TPSA) is 30.5 Å². The fourth-order valence-corrected chi connectivity index (χ4v) is 2.16. The van der Waals surface area contributed by atoms with Crippen LogP contribution in [0.15, 0.2) is 24.3 Å². The largest absolute Gasteiger partial charge is 0.497 e. The summed E-state index contributed by atoms with van der Waals surface area (Å²) in [6.07, 6.45) is 3.19. The summed E-state index contributed by atoms with van der Waals surface area (Å²) >= 11 is 0. The van der Waals surface area contributed by atoms with Crippen LogP contribution in [0, 0.1) is 0 Å². The molecule has 0 saturated carbocycles. The quantitative estimate of drug-likeness (QED) is 0.850. The summed E-state index contributed by atoms with van der Waals surface area (Å²) in [4.78, 5) is 0. The van der Waals surface area contributed by atoms with E-state index in [-0.39, 0.29) is 0 Å². The van der Waals surface area contributed by atoms with Crippen LogP contribution >= 0.6 is 0 Å². The van der Waals surface area contributed by atoms with Crippen LogP contribution in [-0.2, 0) is 11.3 Å². The Hall–Kier alpha value is -1.06. The van der Waals surface area contributed by atoms with Crippen molar-refractivity contribution in [3.8, 4) is 5.75 Å². The number of hydrogen-bond donors (Lipinski definition) is 1. The number of benzene rings is 1. The van der Waals surface area contributed by atoms with Crippen molar-refractivity contribution in [1.29, 1.82) is 0 Å². The maximum absolute atomic E-state index is 5.75. The molecular weight excluding hydrogens is 214 g/mol. The number of ether oxygens (including phenoxy) is 2. The molecule has 1 aliphatic rings. The highest BCUT2D eigenvalue weighted by Gasteiger charge is 2.20. The minimum Gasteiger partial charge on any atom is -0.497 e. The Morgan fingerprint density at radius 3 is 2.65 bits per heavy atom. The van der Waals surface area contributed by atoms with Crippen molar-refractivity contribution in [2.24, 2.45) is 0 Å². The van der Waals surface area contributed by atoms with Crippen LogP contribution in [0.4, 0.5) is 0 Å². The van der Waals surface area contributed by atoms with Gasteiger partial charge in [-0.05, 0) is 37.5 Å². The van der Waals surface area contributed by atoms with E-state index >= 15 is 0 Å². The molecule has 2 atom stereocenters. The van der Waals surface area contributed by atoms with E-state index in [4.69, 9.17) is 9.47 Å². The highest BCUT2D eigenvalue weighted by molar-refractivity contribution is 5.26. The van der Waals surface area contributed by atoms with Crippen molar-refractivity contribution in [3.63, 3.8) is 0 Å². The summed E-state index contributed by atoms with van der Waals surface area (Å²) < 4.78 is 10.9.